The fraction of sp³-hybridized carbons (Fsp3) is 0.900. The summed E-state index contributed by atoms with van der Waals surface area (Å²) in [5.41, 5.74) is -1.52. The summed E-state index contributed by atoms with van der Waals surface area (Å²) in [6.45, 7) is 2.15. The molecule has 0 radical (unpaired) electrons. The van der Waals surface area contributed by atoms with Crippen LogP contribution in [0.25, 0.3) is 0 Å². The lowest BCUT2D eigenvalue weighted by atomic mass is 9.78. The van der Waals surface area contributed by atoms with Crippen LogP contribution in [0.1, 0.15) is 39.0 Å². The fourth-order valence-corrected chi connectivity index (χ4v) is 2.05. The molecule has 0 aromatic heterocycles. The van der Waals surface area contributed by atoms with Crippen molar-refractivity contribution in [1.29, 1.82) is 0 Å². The molecule has 2 fully saturated rings. The van der Waals surface area contributed by atoms with Crippen molar-refractivity contribution < 1.29 is 9.18 Å². The molecule has 2 aliphatic rings. The second kappa shape index (κ2) is 2.96. The highest BCUT2D eigenvalue weighted by atomic mass is 19.1. The van der Waals surface area contributed by atoms with Gasteiger partial charge in [0, 0.05) is 6.04 Å². The minimum atomic E-state index is -1.52. The maximum Gasteiger partial charge on any atom is 0.257 e. The molecular formula is C10H16FNO. The maximum atomic E-state index is 13.5. The minimum absolute atomic E-state index is 0.246. The first kappa shape index (κ1) is 8.97. The van der Waals surface area contributed by atoms with Gasteiger partial charge in [-0.3, -0.25) is 4.79 Å². The summed E-state index contributed by atoms with van der Waals surface area (Å²) in [7, 11) is 0. The fourth-order valence-electron chi connectivity index (χ4n) is 2.05. The number of hydrogen-bond donors (Lipinski definition) is 1. The third kappa shape index (κ3) is 1.56. The highest BCUT2D eigenvalue weighted by molar-refractivity contribution is 5.86. The predicted octanol–water partition coefficient (Wildman–Crippen LogP) is 1.79. The zero-order chi connectivity index (χ0) is 9.47. The van der Waals surface area contributed by atoms with Crippen molar-refractivity contribution in [3.05, 3.63) is 0 Å². The lowest BCUT2D eigenvalue weighted by Crippen LogP contribution is -2.54. The van der Waals surface area contributed by atoms with Gasteiger partial charge in [-0.25, -0.2) is 4.39 Å². The highest BCUT2D eigenvalue weighted by Crippen LogP contribution is 2.37. The molecule has 0 heterocycles. The number of nitrogens with one attached hydrogen (secondary N) is 1. The van der Waals surface area contributed by atoms with Crippen molar-refractivity contribution in [2.45, 2.75) is 50.7 Å². The van der Waals surface area contributed by atoms with Crippen molar-refractivity contribution >= 4 is 5.91 Å². The van der Waals surface area contributed by atoms with Gasteiger partial charge in [0.05, 0.1) is 0 Å². The van der Waals surface area contributed by atoms with E-state index in [2.05, 4.69) is 12.2 Å². The largest absolute Gasteiger partial charge is 0.351 e. The lowest BCUT2D eigenvalue weighted by Gasteiger charge is -2.38. The van der Waals surface area contributed by atoms with Crippen molar-refractivity contribution in [3.63, 3.8) is 0 Å². The van der Waals surface area contributed by atoms with Gasteiger partial charge in [0.15, 0.2) is 5.67 Å². The first-order valence-corrected chi connectivity index (χ1v) is 5.10. The van der Waals surface area contributed by atoms with E-state index < -0.39 is 5.67 Å². The molecule has 2 rings (SSSR count). The van der Waals surface area contributed by atoms with Crippen molar-refractivity contribution in [1.82, 2.24) is 5.32 Å². The summed E-state index contributed by atoms with van der Waals surface area (Å²) < 4.78 is 13.5. The minimum Gasteiger partial charge on any atom is -0.351 e. The average Bonchev–Trinajstić information content (AvgIpc) is 1.97. The molecule has 2 nitrogen and oxygen atoms in total. The second-order valence-corrected chi connectivity index (χ2v) is 4.57. The maximum absolute atomic E-state index is 13.5. The number of rotatable bonds is 2. The summed E-state index contributed by atoms with van der Waals surface area (Å²) in [4.78, 5) is 11.4. The van der Waals surface area contributed by atoms with E-state index in [-0.39, 0.29) is 11.9 Å². The highest BCUT2D eigenvalue weighted by Gasteiger charge is 2.45. The van der Waals surface area contributed by atoms with E-state index in [1.165, 1.54) is 0 Å². The van der Waals surface area contributed by atoms with Gasteiger partial charge in [-0.2, -0.15) is 0 Å². The predicted molar refractivity (Wildman–Crippen MR) is 48.0 cm³/mol. The van der Waals surface area contributed by atoms with Crippen LogP contribution >= 0.6 is 0 Å². The summed E-state index contributed by atoms with van der Waals surface area (Å²) >= 11 is 0. The third-order valence-corrected chi connectivity index (χ3v) is 3.26. The number of carbonyl (C=O) groups is 1. The Bertz CT molecular complexity index is 219. The molecule has 2 aliphatic carbocycles. The van der Waals surface area contributed by atoms with Crippen molar-refractivity contribution in [2.24, 2.45) is 5.92 Å². The topological polar surface area (TPSA) is 29.1 Å². The Morgan fingerprint density at radius 3 is 2.46 bits per heavy atom. The molecule has 0 aromatic carbocycles. The number of amides is 1. The first-order valence-electron chi connectivity index (χ1n) is 5.10. The summed E-state index contributed by atoms with van der Waals surface area (Å²) in [5.74, 6) is 0.331. The van der Waals surface area contributed by atoms with Gasteiger partial charge in [-0.05, 0) is 38.0 Å². The zero-order valence-electron chi connectivity index (χ0n) is 7.98. The van der Waals surface area contributed by atoms with E-state index in [0.29, 0.717) is 18.8 Å². The van der Waals surface area contributed by atoms with Crippen LogP contribution in [-0.4, -0.2) is 17.6 Å². The molecule has 74 valence electrons. The van der Waals surface area contributed by atoms with Crippen LogP contribution in [0.5, 0.6) is 0 Å². The standard InChI is InChI=1S/C10H16FNO/c1-7-5-8(6-7)12-9(13)10(11)3-2-4-10/h7-8H,2-6H2,1H3,(H,12,13). The molecule has 3 heteroatoms. The quantitative estimate of drug-likeness (QED) is 0.698. The van der Waals surface area contributed by atoms with Crippen LogP contribution in [0.3, 0.4) is 0 Å². The van der Waals surface area contributed by atoms with Gasteiger partial charge < -0.3 is 5.32 Å². The van der Waals surface area contributed by atoms with Crippen LogP contribution in [0.15, 0.2) is 0 Å². The molecule has 1 amide bonds. The van der Waals surface area contributed by atoms with Crippen molar-refractivity contribution in [3.8, 4) is 0 Å². The van der Waals surface area contributed by atoms with Crippen LogP contribution in [0.2, 0.25) is 0 Å². The van der Waals surface area contributed by atoms with E-state index in [1.54, 1.807) is 0 Å². The summed E-state index contributed by atoms with van der Waals surface area (Å²) in [5, 5.41) is 2.78. The van der Waals surface area contributed by atoms with Crippen LogP contribution in [-0.2, 0) is 4.79 Å². The Labute approximate surface area is 77.9 Å². The zero-order valence-corrected chi connectivity index (χ0v) is 7.98. The Hall–Kier alpha value is -0.600. The van der Waals surface area contributed by atoms with E-state index in [4.69, 9.17) is 0 Å². The van der Waals surface area contributed by atoms with Gasteiger partial charge in [0.2, 0.25) is 0 Å². The first-order chi connectivity index (χ1) is 6.10. The Morgan fingerprint density at radius 2 is 2.08 bits per heavy atom. The molecule has 0 spiro atoms. The van der Waals surface area contributed by atoms with Gasteiger partial charge in [0.1, 0.15) is 0 Å². The monoisotopic (exact) mass is 185 g/mol. The molecule has 0 aromatic rings. The van der Waals surface area contributed by atoms with E-state index >= 15 is 0 Å². The number of halogens is 1. The third-order valence-electron chi connectivity index (χ3n) is 3.26. The van der Waals surface area contributed by atoms with E-state index in [1.807, 2.05) is 0 Å². The number of carbonyl (C=O) groups excluding carboxylic acids is 1. The summed E-state index contributed by atoms with van der Waals surface area (Å²) in [6.07, 6.45) is 3.72. The van der Waals surface area contributed by atoms with Crippen LogP contribution < -0.4 is 5.32 Å². The second-order valence-electron chi connectivity index (χ2n) is 4.57. The van der Waals surface area contributed by atoms with E-state index in [9.17, 15) is 9.18 Å². The molecule has 0 aliphatic heterocycles. The Kier molecular flexibility index (Phi) is 2.05. The molecule has 0 bridgehead atoms. The van der Waals surface area contributed by atoms with E-state index in [0.717, 1.165) is 19.3 Å². The normalized spacial score (nSPS) is 35.8. The van der Waals surface area contributed by atoms with Gasteiger partial charge in [-0.1, -0.05) is 6.92 Å². The van der Waals surface area contributed by atoms with Gasteiger partial charge in [-0.15, -0.1) is 0 Å². The van der Waals surface area contributed by atoms with Crippen LogP contribution in [0, 0.1) is 5.92 Å². The molecule has 2 saturated carbocycles. The number of alkyl halides is 1. The molecule has 13 heavy (non-hydrogen) atoms. The van der Waals surface area contributed by atoms with Crippen molar-refractivity contribution in [2.75, 3.05) is 0 Å². The average molecular weight is 185 g/mol. The smallest absolute Gasteiger partial charge is 0.257 e. The molecular weight excluding hydrogens is 169 g/mol. The molecule has 0 saturated heterocycles. The number of hydrogen-bond acceptors (Lipinski definition) is 1. The molecule has 0 unspecified atom stereocenters. The van der Waals surface area contributed by atoms with Gasteiger partial charge >= 0.3 is 0 Å². The Balaban J connectivity index is 1.78. The SMILES string of the molecule is CC1CC(NC(=O)C2(F)CCC2)C1. The lowest BCUT2D eigenvalue weighted by molar-refractivity contribution is -0.140. The molecule has 0 atom stereocenters. The molecule has 1 N–H and O–H groups in total. The van der Waals surface area contributed by atoms with Crippen LogP contribution in [0.4, 0.5) is 4.39 Å². The summed E-state index contributed by atoms with van der Waals surface area (Å²) in [6, 6.07) is 0.246. The Morgan fingerprint density at radius 1 is 1.46 bits per heavy atom. The van der Waals surface area contributed by atoms with Gasteiger partial charge in [0.25, 0.3) is 5.91 Å².